The van der Waals surface area contributed by atoms with Crippen molar-refractivity contribution in [3.05, 3.63) is 59.2 Å². The van der Waals surface area contributed by atoms with E-state index in [4.69, 9.17) is 9.47 Å². The second-order valence-electron chi connectivity index (χ2n) is 8.30. The summed E-state index contributed by atoms with van der Waals surface area (Å²) in [4.78, 5) is 17.6. The van der Waals surface area contributed by atoms with Crippen molar-refractivity contribution in [2.75, 3.05) is 54.5 Å². The number of aryl methyl sites for hydroxylation is 1. The minimum Gasteiger partial charge on any atom is -0.493 e. The summed E-state index contributed by atoms with van der Waals surface area (Å²) in [7, 11) is 7.04. The molecule has 3 rings (SSSR count). The van der Waals surface area contributed by atoms with Gasteiger partial charge in [-0.3, -0.25) is 4.79 Å². The maximum absolute atomic E-state index is 13.0. The molecule has 1 heterocycles. The third-order valence-electron chi connectivity index (χ3n) is 6.11. The number of carbonyl (C=O) groups excluding carboxylic acids is 1. The number of amides is 1. The largest absolute Gasteiger partial charge is 0.493 e. The van der Waals surface area contributed by atoms with Gasteiger partial charge in [-0.2, -0.15) is 0 Å². The van der Waals surface area contributed by atoms with Gasteiger partial charge in [-0.05, 0) is 24.6 Å². The van der Waals surface area contributed by atoms with Crippen LogP contribution in [0.3, 0.4) is 0 Å². The number of rotatable bonds is 7. The lowest BCUT2D eigenvalue weighted by molar-refractivity contribution is -1.03. The number of hydrogen-bond acceptors (Lipinski definition) is 3. The summed E-state index contributed by atoms with van der Waals surface area (Å²) >= 11 is 0. The fraction of sp³-hybridized carbons (Fsp3) is 0.458. The van der Waals surface area contributed by atoms with Crippen molar-refractivity contribution in [3.63, 3.8) is 0 Å². The number of piperazine rings is 1. The number of nitrogens with zero attached hydrogens (tertiary/aromatic N) is 1. The van der Waals surface area contributed by atoms with Crippen LogP contribution in [0.1, 0.15) is 22.7 Å². The molecular formula is C24H35N3O3+2. The average molecular weight is 414 g/mol. The molecule has 1 fully saturated rings. The number of likely N-dealkylation sites (N-methyl/N-ethyl adjacent to an activating group) is 1. The van der Waals surface area contributed by atoms with Gasteiger partial charge in [0.1, 0.15) is 32.7 Å². The molecule has 1 saturated heterocycles. The lowest BCUT2D eigenvalue weighted by atomic mass is 10.0. The Labute approximate surface area is 180 Å². The van der Waals surface area contributed by atoms with E-state index in [1.54, 1.807) is 19.1 Å². The van der Waals surface area contributed by atoms with Gasteiger partial charge in [0.15, 0.2) is 17.5 Å². The Kier molecular flexibility index (Phi) is 7.34. The van der Waals surface area contributed by atoms with Crippen LogP contribution in [0, 0.1) is 6.92 Å². The van der Waals surface area contributed by atoms with Crippen LogP contribution in [0.5, 0.6) is 11.5 Å². The predicted octanol–water partition coefficient (Wildman–Crippen LogP) is 0.125. The molecule has 6 nitrogen and oxygen atoms in total. The molecule has 6 heteroatoms. The smallest absolute Gasteiger partial charge is 0.285 e. The third-order valence-corrected chi connectivity index (χ3v) is 6.11. The van der Waals surface area contributed by atoms with Crippen molar-refractivity contribution in [1.29, 1.82) is 0 Å². The van der Waals surface area contributed by atoms with E-state index in [0.717, 1.165) is 49.8 Å². The monoisotopic (exact) mass is 413 g/mol. The molecule has 1 aliphatic rings. The Hall–Kier alpha value is -2.57. The fourth-order valence-electron chi connectivity index (χ4n) is 4.33. The van der Waals surface area contributed by atoms with E-state index in [0.29, 0.717) is 0 Å². The molecule has 0 bridgehead atoms. The van der Waals surface area contributed by atoms with Crippen LogP contribution in [0.4, 0.5) is 0 Å². The number of hydrogen-bond donors (Lipinski definition) is 2. The highest BCUT2D eigenvalue weighted by molar-refractivity contribution is 5.81. The van der Waals surface area contributed by atoms with Crippen LogP contribution < -0.4 is 19.3 Å². The van der Waals surface area contributed by atoms with Gasteiger partial charge in [0.25, 0.3) is 5.91 Å². The zero-order chi connectivity index (χ0) is 21.7. The highest BCUT2D eigenvalue weighted by atomic mass is 16.5. The third kappa shape index (κ3) is 4.94. The topological polar surface area (TPSA) is 47.7 Å². The fourth-order valence-corrected chi connectivity index (χ4v) is 4.33. The van der Waals surface area contributed by atoms with Crippen molar-refractivity contribution >= 4 is 5.91 Å². The Morgan fingerprint density at radius 3 is 2.17 bits per heavy atom. The summed E-state index contributed by atoms with van der Waals surface area (Å²) in [5.41, 5.74) is 3.61. The zero-order valence-electron chi connectivity index (χ0n) is 18.8. The minimum atomic E-state index is -0.134. The van der Waals surface area contributed by atoms with E-state index < -0.39 is 0 Å². The quantitative estimate of drug-likeness (QED) is 0.678. The molecule has 0 saturated carbocycles. The second kappa shape index (κ2) is 9.96. The first-order valence-electron chi connectivity index (χ1n) is 10.6. The predicted molar refractivity (Wildman–Crippen MR) is 117 cm³/mol. The first-order chi connectivity index (χ1) is 14.4. The van der Waals surface area contributed by atoms with E-state index in [-0.39, 0.29) is 11.9 Å². The van der Waals surface area contributed by atoms with Crippen molar-refractivity contribution in [2.24, 2.45) is 0 Å². The van der Waals surface area contributed by atoms with Gasteiger partial charge in [-0.1, -0.05) is 30.3 Å². The van der Waals surface area contributed by atoms with E-state index in [1.165, 1.54) is 20.9 Å². The number of carbonyl (C=O) groups is 1. The number of benzene rings is 2. The van der Waals surface area contributed by atoms with E-state index >= 15 is 0 Å². The molecule has 0 aliphatic carbocycles. The first-order valence-corrected chi connectivity index (χ1v) is 10.6. The number of ether oxygens (including phenoxy) is 2. The molecule has 0 aromatic heterocycles. The summed E-state index contributed by atoms with van der Waals surface area (Å²) in [5.74, 6) is 1.73. The van der Waals surface area contributed by atoms with Crippen LogP contribution >= 0.6 is 0 Å². The molecule has 1 atom stereocenters. The molecule has 2 aromatic rings. The van der Waals surface area contributed by atoms with E-state index in [9.17, 15) is 4.79 Å². The minimum absolute atomic E-state index is 0.134. The first kappa shape index (κ1) is 22.1. The molecule has 1 aliphatic heterocycles. The summed E-state index contributed by atoms with van der Waals surface area (Å²) in [6, 6.07) is 14.2. The zero-order valence-corrected chi connectivity index (χ0v) is 18.8. The highest BCUT2D eigenvalue weighted by Gasteiger charge is 2.36. The number of methoxy groups -OCH3 is 2. The number of quaternary nitrogens is 2. The maximum atomic E-state index is 13.0. The summed E-state index contributed by atoms with van der Waals surface area (Å²) in [5, 5.41) is 0. The van der Waals surface area contributed by atoms with E-state index in [1.807, 2.05) is 32.3 Å². The van der Waals surface area contributed by atoms with E-state index in [2.05, 4.69) is 31.2 Å². The molecule has 0 radical (unpaired) electrons. The highest BCUT2D eigenvalue weighted by Crippen LogP contribution is 2.29. The lowest BCUT2D eigenvalue weighted by Gasteiger charge is -2.35. The van der Waals surface area contributed by atoms with Crippen molar-refractivity contribution < 1.29 is 24.1 Å². The molecule has 2 aromatic carbocycles. The molecule has 2 N–H and O–H groups in total. The van der Waals surface area contributed by atoms with Gasteiger partial charge in [0.05, 0.1) is 14.2 Å². The Morgan fingerprint density at radius 1 is 1.00 bits per heavy atom. The molecule has 0 spiro atoms. The van der Waals surface area contributed by atoms with Gasteiger partial charge < -0.3 is 24.2 Å². The molecule has 1 amide bonds. The molecule has 30 heavy (non-hydrogen) atoms. The van der Waals surface area contributed by atoms with Gasteiger partial charge in [0.2, 0.25) is 0 Å². The van der Waals surface area contributed by atoms with Crippen LogP contribution in [-0.2, 0) is 11.3 Å². The van der Waals surface area contributed by atoms with Gasteiger partial charge in [0, 0.05) is 25.2 Å². The van der Waals surface area contributed by atoms with Gasteiger partial charge in [-0.15, -0.1) is 0 Å². The van der Waals surface area contributed by atoms with Crippen molar-refractivity contribution in [3.8, 4) is 11.5 Å². The Morgan fingerprint density at radius 2 is 1.60 bits per heavy atom. The van der Waals surface area contributed by atoms with Crippen LogP contribution in [0.25, 0.3) is 0 Å². The molecule has 162 valence electrons. The maximum Gasteiger partial charge on any atom is 0.285 e. The Bertz CT molecular complexity index is 846. The summed E-state index contributed by atoms with van der Waals surface area (Å²) in [6.45, 7) is 7.10. The molecule has 0 unspecified atom stereocenters. The Balaban J connectivity index is 1.70. The van der Waals surface area contributed by atoms with Crippen molar-refractivity contribution in [1.82, 2.24) is 4.90 Å². The SMILES string of the molecule is COc1cc(C)c(C[NH+]2CC[NH+]([C@H](C(=O)N(C)C)c3ccccc3)CC2)cc1OC. The number of nitrogens with one attached hydrogen (secondary N) is 2. The average Bonchev–Trinajstić information content (AvgIpc) is 2.76. The van der Waals surface area contributed by atoms with Crippen molar-refractivity contribution in [2.45, 2.75) is 19.5 Å². The van der Waals surface area contributed by atoms with Crippen LogP contribution in [0.2, 0.25) is 0 Å². The van der Waals surface area contributed by atoms with Gasteiger partial charge in [-0.25, -0.2) is 0 Å². The van der Waals surface area contributed by atoms with Crippen LogP contribution in [-0.4, -0.2) is 65.3 Å². The normalized spacial score (nSPS) is 19.8. The second-order valence-corrected chi connectivity index (χ2v) is 8.30. The van der Waals surface area contributed by atoms with Gasteiger partial charge >= 0.3 is 0 Å². The standard InChI is InChI=1S/C24H33N3O3/c1-18-15-21(29-4)22(30-5)16-20(18)17-26-11-13-27(14-12-26)23(24(28)25(2)3)19-9-7-6-8-10-19/h6-10,15-16,23H,11-14,17H2,1-5H3/p+2/t23-/m0/s1. The van der Waals surface area contributed by atoms with Crippen LogP contribution in [0.15, 0.2) is 42.5 Å². The summed E-state index contributed by atoms with van der Waals surface area (Å²) in [6.07, 6.45) is 0. The molecular weight excluding hydrogens is 378 g/mol. The summed E-state index contributed by atoms with van der Waals surface area (Å²) < 4.78 is 10.9. The lowest BCUT2D eigenvalue weighted by Crippen LogP contribution is -3.28.